The molecule has 0 aromatic rings. The summed E-state index contributed by atoms with van der Waals surface area (Å²) in [4.78, 5) is 4.17. The van der Waals surface area contributed by atoms with Crippen LogP contribution in [-0.2, 0) is 0 Å². The van der Waals surface area contributed by atoms with E-state index in [1.54, 1.807) is 0 Å². The average Bonchev–Trinajstić information content (AvgIpc) is 2.07. The average molecular weight is 149 g/mol. The third kappa shape index (κ3) is 3.17. The van der Waals surface area contributed by atoms with Gasteiger partial charge >= 0.3 is 0 Å². The molecule has 1 rings (SSSR count). The monoisotopic (exact) mass is 149 g/mol. The number of aliphatic imine (C=N–C) groups is 1. The fourth-order valence-corrected chi connectivity index (χ4v) is 1.06. The molecule has 0 saturated carbocycles. The normalized spacial score (nSPS) is 23.2. The molecule has 11 heavy (non-hydrogen) atoms. The maximum atomic E-state index is 4.17. The lowest BCUT2D eigenvalue weighted by Crippen LogP contribution is -2.00. The molecule has 1 heteroatoms. The summed E-state index contributed by atoms with van der Waals surface area (Å²) in [5.74, 6) is 0.548. The minimum absolute atomic E-state index is 0.548. The molecular formula is C10H15N. The van der Waals surface area contributed by atoms with Gasteiger partial charge in [-0.25, -0.2) is 0 Å². The second kappa shape index (κ2) is 4.89. The Balaban J connectivity index is 2.26. The largest absolute Gasteiger partial charge is 0.292 e. The van der Waals surface area contributed by atoms with Crippen LogP contribution in [0.3, 0.4) is 0 Å². The number of hydrogen-bond donors (Lipinski definition) is 0. The Morgan fingerprint density at radius 2 is 2.55 bits per heavy atom. The molecule has 1 unspecified atom stereocenters. The highest BCUT2D eigenvalue weighted by molar-refractivity contribution is 5.72. The lowest BCUT2D eigenvalue weighted by Gasteiger charge is -2.05. The molecule has 60 valence electrons. The van der Waals surface area contributed by atoms with Crippen molar-refractivity contribution < 1.29 is 0 Å². The Kier molecular flexibility index (Phi) is 3.67. The van der Waals surface area contributed by atoms with Gasteiger partial charge in [0.25, 0.3) is 0 Å². The Labute approximate surface area is 68.5 Å². The molecule has 0 N–H and O–H groups in total. The zero-order valence-electron chi connectivity index (χ0n) is 7.03. The first kappa shape index (κ1) is 8.25. The van der Waals surface area contributed by atoms with Gasteiger partial charge < -0.3 is 0 Å². The molecule has 1 atom stereocenters. The first-order valence-corrected chi connectivity index (χ1v) is 4.26. The highest BCUT2D eigenvalue weighted by Crippen LogP contribution is 2.06. The van der Waals surface area contributed by atoms with Crippen molar-refractivity contribution in [2.75, 3.05) is 6.54 Å². The molecule has 0 radical (unpaired) electrons. The van der Waals surface area contributed by atoms with Crippen LogP contribution in [0.5, 0.6) is 0 Å². The number of dihydropyridines is 1. The maximum absolute atomic E-state index is 4.17. The van der Waals surface area contributed by atoms with Gasteiger partial charge in [0, 0.05) is 18.7 Å². The molecule has 0 spiro atoms. The van der Waals surface area contributed by atoms with E-state index in [4.69, 9.17) is 0 Å². The molecule has 0 saturated heterocycles. The van der Waals surface area contributed by atoms with E-state index in [2.05, 4.69) is 30.1 Å². The number of hydrogen-bond acceptors (Lipinski definition) is 1. The predicted molar refractivity (Wildman–Crippen MR) is 50.0 cm³/mol. The lowest BCUT2D eigenvalue weighted by atomic mass is 10.1. The summed E-state index contributed by atoms with van der Waals surface area (Å²) in [5, 5.41) is 0. The van der Waals surface area contributed by atoms with Crippen LogP contribution in [0.4, 0.5) is 0 Å². The smallest absolute Gasteiger partial charge is 0.0486 e. The zero-order valence-corrected chi connectivity index (χ0v) is 7.03. The molecular weight excluding hydrogens is 134 g/mol. The van der Waals surface area contributed by atoms with E-state index in [-0.39, 0.29) is 0 Å². The molecule has 1 heterocycles. The minimum Gasteiger partial charge on any atom is -0.292 e. The van der Waals surface area contributed by atoms with Gasteiger partial charge in [-0.3, -0.25) is 4.99 Å². The summed E-state index contributed by atoms with van der Waals surface area (Å²) in [6.45, 7) is 3.12. The molecule has 0 aliphatic carbocycles. The third-order valence-corrected chi connectivity index (χ3v) is 1.70. The molecule has 0 aromatic carbocycles. The molecule has 1 aliphatic rings. The van der Waals surface area contributed by atoms with Gasteiger partial charge in [0.2, 0.25) is 0 Å². The van der Waals surface area contributed by atoms with Gasteiger partial charge in [0.15, 0.2) is 0 Å². The van der Waals surface area contributed by atoms with Crippen LogP contribution in [0.2, 0.25) is 0 Å². The van der Waals surface area contributed by atoms with Gasteiger partial charge in [-0.2, -0.15) is 0 Å². The van der Waals surface area contributed by atoms with Crippen LogP contribution in [-0.4, -0.2) is 12.8 Å². The summed E-state index contributed by atoms with van der Waals surface area (Å²) in [5.41, 5.74) is 0. The highest BCUT2D eigenvalue weighted by Gasteiger charge is 1.98. The van der Waals surface area contributed by atoms with E-state index < -0.39 is 0 Å². The van der Waals surface area contributed by atoms with E-state index in [0.717, 1.165) is 6.54 Å². The summed E-state index contributed by atoms with van der Waals surface area (Å²) in [7, 11) is 0. The Morgan fingerprint density at radius 1 is 1.64 bits per heavy atom. The van der Waals surface area contributed by atoms with Crippen LogP contribution >= 0.6 is 0 Å². The van der Waals surface area contributed by atoms with Crippen molar-refractivity contribution in [2.45, 2.75) is 19.8 Å². The van der Waals surface area contributed by atoms with Crippen molar-refractivity contribution in [1.82, 2.24) is 0 Å². The maximum Gasteiger partial charge on any atom is 0.0486 e. The molecule has 1 aliphatic heterocycles. The lowest BCUT2D eigenvalue weighted by molar-refractivity contribution is 0.807. The third-order valence-electron chi connectivity index (χ3n) is 1.70. The topological polar surface area (TPSA) is 12.4 Å². The van der Waals surface area contributed by atoms with E-state index >= 15 is 0 Å². The summed E-state index contributed by atoms with van der Waals surface area (Å²) < 4.78 is 0. The standard InChI is InChI=1S/C10H15N/c1-2-3-4-6-10-7-5-8-11-9-10/h4-8,10H,2-3,9H2,1H3. The number of unbranched alkanes of at least 4 members (excludes halogenated alkanes) is 1. The van der Waals surface area contributed by atoms with Crippen LogP contribution in [0.25, 0.3) is 0 Å². The number of rotatable bonds is 3. The quantitative estimate of drug-likeness (QED) is 0.547. The van der Waals surface area contributed by atoms with Gasteiger partial charge in [-0.15, -0.1) is 0 Å². The molecule has 0 bridgehead atoms. The Hall–Kier alpha value is -0.850. The second-order valence-corrected chi connectivity index (χ2v) is 2.78. The predicted octanol–water partition coefficient (Wildman–Crippen LogP) is 2.60. The van der Waals surface area contributed by atoms with Crippen molar-refractivity contribution in [3.63, 3.8) is 0 Å². The number of allylic oxidation sites excluding steroid dienone is 2. The fourth-order valence-electron chi connectivity index (χ4n) is 1.06. The molecule has 0 amide bonds. The Morgan fingerprint density at radius 3 is 3.18 bits per heavy atom. The van der Waals surface area contributed by atoms with Crippen molar-refractivity contribution in [2.24, 2.45) is 10.9 Å². The van der Waals surface area contributed by atoms with Crippen LogP contribution in [0, 0.1) is 5.92 Å². The highest BCUT2D eigenvalue weighted by atomic mass is 14.7. The van der Waals surface area contributed by atoms with Crippen LogP contribution in [0.1, 0.15) is 19.8 Å². The Bertz CT molecular complexity index is 177. The van der Waals surface area contributed by atoms with Crippen molar-refractivity contribution in [1.29, 1.82) is 0 Å². The van der Waals surface area contributed by atoms with Crippen LogP contribution < -0.4 is 0 Å². The second-order valence-electron chi connectivity index (χ2n) is 2.78. The van der Waals surface area contributed by atoms with E-state index in [9.17, 15) is 0 Å². The first-order valence-electron chi connectivity index (χ1n) is 4.26. The summed E-state index contributed by atoms with van der Waals surface area (Å²) >= 11 is 0. The van der Waals surface area contributed by atoms with Gasteiger partial charge in [-0.05, 0) is 12.5 Å². The number of nitrogens with zero attached hydrogens (tertiary/aromatic N) is 1. The molecule has 1 nitrogen and oxygen atoms in total. The van der Waals surface area contributed by atoms with Crippen molar-refractivity contribution >= 4 is 6.21 Å². The zero-order chi connectivity index (χ0) is 7.94. The first-order chi connectivity index (χ1) is 5.43. The van der Waals surface area contributed by atoms with Gasteiger partial charge in [0.1, 0.15) is 0 Å². The van der Waals surface area contributed by atoms with Crippen LogP contribution in [0.15, 0.2) is 29.3 Å². The molecule has 0 fully saturated rings. The van der Waals surface area contributed by atoms with Gasteiger partial charge in [0.05, 0.1) is 0 Å². The van der Waals surface area contributed by atoms with Crippen molar-refractivity contribution in [3.8, 4) is 0 Å². The van der Waals surface area contributed by atoms with Gasteiger partial charge in [-0.1, -0.05) is 31.6 Å². The molecule has 0 aromatic heterocycles. The summed E-state index contributed by atoms with van der Waals surface area (Å²) in [6, 6.07) is 0. The SMILES string of the molecule is CCCC=CC1C=CC=NC1. The summed E-state index contributed by atoms with van der Waals surface area (Å²) in [6.07, 6.45) is 13.0. The fraction of sp³-hybridized carbons (Fsp3) is 0.500. The van der Waals surface area contributed by atoms with E-state index in [0.29, 0.717) is 5.92 Å². The van der Waals surface area contributed by atoms with Crippen molar-refractivity contribution in [3.05, 3.63) is 24.3 Å². The minimum atomic E-state index is 0.548. The van der Waals surface area contributed by atoms with E-state index in [1.165, 1.54) is 12.8 Å². The van der Waals surface area contributed by atoms with E-state index in [1.807, 2.05) is 12.3 Å².